The van der Waals surface area contributed by atoms with Crippen LogP contribution in [-0.2, 0) is 9.47 Å². The zero-order chi connectivity index (χ0) is 32.6. The molecule has 0 aromatic heterocycles. The van der Waals surface area contributed by atoms with Crippen LogP contribution in [0.4, 0.5) is 0 Å². The Kier molecular flexibility index (Phi) is 9.66. The van der Waals surface area contributed by atoms with Crippen LogP contribution in [0.2, 0.25) is 0 Å². The Hall–Kier alpha value is -2.50. The largest absolute Gasteiger partial charge is 0.387 e. The van der Waals surface area contributed by atoms with Gasteiger partial charge in [-0.15, -0.1) is 0 Å². The minimum atomic E-state index is -0.848. The normalized spacial score (nSPS) is 39.2. The van der Waals surface area contributed by atoms with Crippen LogP contribution >= 0.6 is 0 Å². The van der Waals surface area contributed by atoms with Crippen molar-refractivity contribution in [2.24, 2.45) is 10.8 Å². The molecular weight excluding hydrogens is 544 g/mol. The number of hydrogen-bond donors (Lipinski definition) is 2. The van der Waals surface area contributed by atoms with Crippen molar-refractivity contribution in [3.05, 3.63) is 107 Å². The van der Waals surface area contributed by atoms with E-state index < -0.39 is 22.4 Å². The molecule has 0 saturated carbocycles. The van der Waals surface area contributed by atoms with Gasteiger partial charge in [0, 0.05) is 23.7 Å². The smallest absolute Gasteiger partial charge is 0.120 e. The van der Waals surface area contributed by atoms with Crippen LogP contribution in [-0.4, -0.2) is 44.8 Å². The van der Waals surface area contributed by atoms with E-state index in [1.807, 2.05) is 13.8 Å². The second kappa shape index (κ2) is 12.4. The molecule has 4 heteroatoms. The number of aliphatic hydroxyl groups is 2. The molecule has 4 rings (SSSR count). The van der Waals surface area contributed by atoms with Crippen molar-refractivity contribution < 1.29 is 19.7 Å². The molecule has 2 N–H and O–H groups in total. The van der Waals surface area contributed by atoms with E-state index in [-0.39, 0.29) is 23.0 Å². The first-order valence-electron chi connectivity index (χ1n) is 16.3. The summed E-state index contributed by atoms with van der Waals surface area (Å²) in [5.74, 6) is 0. The molecule has 4 aliphatic heterocycles. The highest BCUT2D eigenvalue weighted by Gasteiger charge is 2.68. The van der Waals surface area contributed by atoms with Crippen molar-refractivity contribution in [2.75, 3.05) is 0 Å². The van der Waals surface area contributed by atoms with E-state index in [2.05, 4.69) is 140 Å². The van der Waals surface area contributed by atoms with Gasteiger partial charge in [-0.3, -0.25) is 0 Å². The van der Waals surface area contributed by atoms with Crippen LogP contribution in [0.3, 0.4) is 0 Å². The summed E-state index contributed by atoms with van der Waals surface area (Å²) in [4.78, 5) is 0. The fourth-order valence-electron chi connectivity index (χ4n) is 8.23. The third-order valence-corrected chi connectivity index (χ3v) is 10.5. The van der Waals surface area contributed by atoms with Gasteiger partial charge in [-0.05, 0) is 66.5 Å². The Morgan fingerprint density at radius 1 is 0.500 bits per heavy atom. The Labute approximate surface area is 267 Å². The van der Waals surface area contributed by atoms with Gasteiger partial charge >= 0.3 is 0 Å². The summed E-state index contributed by atoms with van der Waals surface area (Å²) in [5, 5.41) is 22.2. The molecule has 4 fully saturated rings. The van der Waals surface area contributed by atoms with E-state index in [9.17, 15) is 10.2 Å². The highest BCUT2D eigenvalue weighted by Crippen LogP contribution is 2.61. The zero-order valence-electron chi connectivity index (χ0n) is 28.8. The molecule has 0 radical (unpaired) electrons. The van der Waals surface area contributed by atoms with Crippen molar-refractivity contribution in [1.29, 1.82) is 0 Å². The van der Waals surface area contributed by atoms with Crippen LogP contribution in [0.1, 0.15) is 94.9 Å². The van der Waals surface area contributed by atoms with E-state index >= 15 is 0 Å². The highest BCUT2D eigenvalue weighted by atomic mass is 16.6. The van der Waals surface area contributed by atoms with Gasteiger partial charge in [0.05, 0.1) is 23.4 Å². The Morgan fingerprint density at radius 2 is 0.818 bits per heavy atom. The van der Waals surface area contributed by atoms with Gasteiger partial charge in [-0.25, -0.2) is 0 Å². The molecule has 4 saturated heterocycles. The van der Waals surface area contributed by atoms with Gasteiger partial charge in [-0.2, -0.15) is 0 Å². The first kappa shape index (κ1) is 34.4. The van der Waals surface area contributed by atoms with Gasteiger partial charge in [0.25, 0.3) is 0 Å². The van der Waals surface area contributed by atoms with Crippen molar-refractivity contribution in [1.82, 2.24) is 0 Å². The zero-order valence-corrected chi connectivity index (χ0v) is 28.8. The first-order chi connectivity index (χ1) is 20.4. The predicted molar refractivity (Wildman–Crippen MR) is 183 cm³/mol. The summed E-state index contributed by atoms with van der Waals surface area (Å²) >= 11 is 0. The summed E-state index contributed by atoms with van der Waals surface area (Å²) in [6.45, 7) is 20.9. The van der Waals surface area contributed by atoms with Gasteiger partial charge in [0.2, 0.25) is 0 Å². The summed E-state index contributed by atoms with van der Waals surface area (Å²) in [6.07, 6.45) is 32.7. The molecule has 4 nitrogen and oxygen atoms in total. The standard InChI is InChI=1S/C40H56O4/c1-29(17-13-19-31(3)21-23-39-35(5,6)25-33(43-39)27-37(39,9)41)15-11-12-16-30(2)18-14-20-32(4)22-24-40-36(7,8)26-34(44-40)28-38(40,10)42/h11-24,33-34,41-42H,25-28H2,1-10H3/b12-11+,17-13+,18-14+,23-21+,24-22+,29-15+,30-16+,31-19+,32-20+/t33-,34-,37+,38+,39-,40-/m0/s1. The monoisotopic (exact) mass is 600 g/mol. The molecule has 4 aliphatic rings. The maximum Gasteiger partial charge on any atom is 0.120 e. The van der Waals surface area contributed by atoms with Gasteiger partial charge in [-0.1, -0.05) is 123 Å². The fraction of sp³-hybridized carbons (Fsp3) is 0.550. The van der Waals surface area contributed by atoms with Crippen molar-refractivity contribution in [3.63, 3.8) is 0 Å². The van der Waals surface area contributed by atoms with Crippen LogP contribution in [0.25, 0.3) is 0 Å². The SMILES string of the molecule is CC(/C=C/C=C(C)/C=C/[C@]12O[C@@H](CC1(C)C)C[C@@]2(C)O)=C\C=C\C=C(C)\C=C\C=C(C)\C=C\[C@]12O[C@@H](CC1(C)C)C[C@@]2(C)O. The lowest BCUT2D eigenvalue weighted by Gasteiger charge is -2.46. The number of rotatable bonds is 10. The summed E-state index contributed by atoms with van der Waals surface area (Å²) < 4.78 is 12.6. The van der Waals surface area contributed by atoms with Crippen molar-refractivity contribution in [3.8, 4) is 0 Å². The average molecular weight is 601 g/mol. The van der Waals surface area contributed by atoms with Gasteiger partial charge in [0.15, 0.2) is 0 Å². The van der Waals surface area contributed by atoms with E-state index in [4.69, 9.17) is 9.47 Å². The lowest BCUT2D eigenvalue weighted by atomic mass is 9.61. The highest BCUT2D eigenvalue weighted by molar-refractivity contribution is 5.35. The summed E-state index contributed by atoms with van der Waals surface area (Å²) in [5.41, 5.74) is 1.37. The molecule has 0 aliphatic carbocycles. The van der Waals surface area contributed by atoms with Gasteiger partial charge in [0.1, 0.15) is 11.2 Å². The fourth-order valence-corrected chi connectivity index (χ4v) is 8.23. The molecule has 4 heterocycles. The summed E-state index contributed by atoms with van der Waals surface area (Å²) in [6, 6.07) is 0. The lowest BCUT2D eigenvalue weighted by molar-refractivity contribution is -0.115. The van der Waals surface area contributed by atoms with Crippen LogP contribution in [0.15, 0.2) is 107 Å². The van der Waals surface area contributed by atoms with Gasteiger partial charge < -0.3 is 19.7 Å². The maximum atomic E-state index is 11.1. The number of hydrogen-bond acceptors (Lipinski definition) is 4. The predicted octanol–water partition coefficient (Wildman–Crippen LogP) is 8.97. The molecule has 240 valence electrons. The molecule has 44 heavy (non-hydrogen) atoms. The number of fused-ring (bicyclic) bond motifs is 4. The molecule has 0 amide bonds. The van der Waals surface area contributed by atoms with E-state index in [0.717, 1.165) is 35.1 Å². The van der Waals surface area contributed by atoms with Crippen LogP contribution in [0.5, 0.6) is 0 Å². The molecule has 0 aromatic rings. The molecule has 6 atom stereocenters. The maximum absolute atomic E-state index is 11.1. The summed E-state index contributed by atoms with van der Waals surface area (Å²) in [7, 11) is 0. The Bertz CT molecular complexity index is 1230. The number of allylic oxidation sites excluding steroid dienone is 16. The number of ether oxygens (including phenoxy) is 2. The lowest BCUT2D eigenvalue weighted by Crippen LogP contribution is -2.56. The minimum Gasteiger partial charge on any atom is -0.387 e. The topological polar surface area (TPSA) is 58.9 Å². The molecule has 4 bridgehead atoms. The van der Waals surface area contributed by atoms with Crippen molar-refractivity contribution >= 4 is 0 Å². The first-order valence-corrected chi connectivity index (χ1v) is 16.3. The third kappa shape index (κ3) is 6.56. The molecule has 0 unspecified atom stereocenters. The average Bonchev–Trinajstić information content (AvgIpc) is 3.50. The Morgan fingerprint density at radius 3 is 1.14 bits per heavy atom. The van der Waals surface area contributed by atoms with E-state index in [1.165, 1.54) is 0 Å². The van der Waals surface area contributed by atoms with Crippen LogP contribution < -0.4 is 0 Å². The molecular formula is C40H56O4. The molecule has 0 aromatic carbocycles. The van der Waals surface area contributed by atoms with Crippen molar-refractivity contribution in [2.45, 2.75) is 130 Å². The van der Waals surface area contributed by atoms with Crippen LogP contribution in [0, 0.1) is 10.8 Å². The molecule has 0 spiro atoms. The second-order valence-corrected chi connectivity index (χ2v) is 15.5. The van der Waals surface area contributed by atoms with E-state index in [0.29, 0.717) is 12.8 Å². The Balaban J connectivity index is 1.28. The minimum absolute atomic E-state index is 0.0983. The third-order valence-electron chi connectivity index (χ3n) is 10.5. The second-order valence-electron chi connectivity index (χ2n) is 15.5. The quantitative estimate of drug-likeness (QED) is 0.246. The van der Waals surface area contributed by atoms with E-state index in [1.54, 1.807) is 0 Å².